The van der Waals surface area contributed by atoms with Crippen molar-refractivity contribution in [3.8, 4) is 11.8 Å². The van der Waals surface area contributed by atoms with Gasteiger partial charge in [-0.2, -0.15) is 5.26 Å². The van der Waals surface area contributed by atoms with Crippen molar-refractivity contribution in [2.75, 3.05) is 11.9 Å². The topological polar surface area (TPSA) is 102 Å². The highest BCUT2D eigenvalue weighted by atomic mass is 35.5. The van der Waals surface area contributed by atoms with Crippen LogP contribution >= 0.6 is 11.6 Å². The van der Waals surface area contributed by atoms with Gasteiger partial charge in [-0.05, 0) is 36.4 Å². The molecule has 1 amide bonds. The Labute approximate surface area is 148 Å². The summed E-state index contributed by atoms with van der Waals surface area (Å²) < 4.78 is 5.09. The fourth-order valence-corrected chi connectivity index (χ4v) is 2.03. The second-order valence-electron chi connectivity index (χ2n) is 4.83. The Morgan fingerprint density at radius 2 is 1.88 bits per heavy atom. The Morgan fingerprint density at radius 1 is 1.20 bits per heavy atom. The first-order valence-electron chi connectivity index (χ1n) is 7.10. The predicted molar refractivity (Wildman–Crippen MR) is 90.6 cm³/mol. The van der Waals surface area contributed by atoms with Crippen LogP contribution in [0.4, 0.5) is 5.69 Å². The van der Waals surface area contributed by atoms with Crippen LogP contribution in [0.15, 0.2) is 54.1 Å². The first-order valence-corrected chi connectivity index (χ1v) is 7.48. The number of amides is 1. The number of nitrogens with one attached hydrogen (secondary N) is 1. The third-order valence-electron chi connectivity index (χ3n) is 3.03. The van der Waals surface area contributed by atoms with Crippen molar-refractivity contribution in [3.63, 3.8) is 0 Å². The minimum absolute atomic E-state index is 0.167. The number of nitriles is 1. The van der Waals surface area contributed by atoms with Crippen molar-refractivity contribution in [2.45, 2.75) is 0 Å². The molecule has 0 bridgehead atoms. The highest BCUT2D eigenvalue weighted by molar-refractivity contribution is 6.30. The number of aliphatic carboxylic acids is 1. The van der Waals surface area contributed by atoms with Crippen molar-refractivity contribution in [2.24, 2.45) is 0 Å². The fourth-order valence-electron chi connectivity index (χ4n) is 1.90. The molecule has 2 aromatic carbocycles. The summed E-state index contributed by atoms with van der Waals surface area (Å²) in [6.45, 7) is -0.635. The molecule has 0 saturated heterocycles. The van der Waals surface area contributed by atoms with Crippen molar-refractivity contribution >= 4 is 35.2 Å². The zero-order valence-electron chi connectivity index (χ0n) is 12.9. The van der Waals surface area contributed by atoms with E-state index in [0.29, 0.717) is 16.3 Å². The maximum Gasteiger partial charge on any atom is 0.266 e. The molecule has 0 heterocycles. The number of carbonyl (C=O) groups is 2. The van der Waals surface area contributed by atoms with E-state index in [1.54, 1.807) is 42.5 Å². The Balaban J connectivity index is 2.22. The van der Waals surface area contributed by atoms with Gasteiger partial charge in [0.25, 0.3) is 5.91 Å². The van der Waals surface area contributed by atoms with Crippen LogP contribution in [0.2, 0.25) is 5.02 Å². The molecule has 0 atom stereocenters. The number of carboxylic acids is 1. The van der Waals surface area contributed by atoms with E-state index < -0.39 is 18.5 Å². The first-order chi connectivity index (χ1) is 12.0. The summed E-state index contributed by atoms with van der Waals surface area (Å²) in [6, 6.07) is 14.7. The van der Waals surface area contributed by atoms with E-state index in [2.05, 4.69) is 5.32 Å². The van der Waals surface area contributed by atoms with Crippen molar-refractivity contribution in [3.05, 3.63) is 64.7 Å². The zero-order chi connectivity index (χ0) is 18.2. The standard InChI is InChI=1S/C18H13ClN2O4/c19-14-5-7-15(8-6-14)21-18(24)13(10-20)9-12-3-1-2-4-16(12)25-11-17(22)23/h1-9H,11H2,(H,21,24)(H,22,23)/p-1/b13-9+. The van der Waals surface area contributed by atoms with E-state index in [4.69, 9.17) is 16.3 Å². The van der Waals surface area contributed by atoms with Gasteiger partial charge >= 0.3 is 0 Å². The highest BCUT2D eigenvalue weighted by Gasteiger charge is 2.11. The number of anilines is 1. The molecule has 0 unspecified atom stereocenters. The summed E-state index contributed by atoms with van der Waals surface area (Å²) in [7, 11) is 0. The molecule has 2 rings (SSSR count). The lowest BCUT2D eigenvalue weighted by atomic mass is 10.1. The summed E-state index contributed by atoms with van der Waals surface area (Å²) in [5.74, 6) is -1.77. The van der Waals surface area contributed by atoms with E-state index in [0.717, 1.165) is 0 Å². The Hall–Kier alpha value is -3.30. The van der Waals surface area contributed by atoms with Crippen LogP contribution in [0.1, 0.15) is 5.56 Å². The second-order valence-corrected chi connectivity index (χ2v) is 5.27. The maximum atomic E-state index is 12.2. The van der Waals surface area contributed by atoms with Gasteiger partial charge < -0.3 is 20.0 Å². The van der Waals surface area contributed by atoms with Crippen LogP contribution in [-0.4, -0.2) is 18.5 Å². The molecule has 0 fully saturated rings. The van der Waals surface area contributed by atoms with Gasteiger partial charge in [0.05, 0.1) is 5.97 Å². The van der Waals surface area contributed by atoms with E-state index in [-0.39, 0.29) is 11.3 Å². The van der Waals surface area contributed by atoms with Gasteiger partial charge in [0, 0.05) is 16.3 Å². The molecule has 1 N–H and O–H groups in total. The Kier molecular flexibility index (Phi) is 6.15. The molecule has 0 aliphatic heterocycles. The predicted octanol–water partition coefficient (Wildman–Crippen LogP) is 2.01. The molecule has 126 valence electrons. The number of nitrogens with zero attached hydrogens (tertiary/aromatic N) is 1. The van der Waals surface area contributed by atoms with Gasteiger partial charge in [0.1, 0.15) is 24.0 Å². The van der Waals surface area contributed by atoms with Crippen LogP contribution in [0.5, 0.6) is 5.75 Å². The van der Waals surface area contributed by atoms with Crippen LogP contribution in [0, 0.1) is 11.3 Å². The summed E-state index contributed by atoms with van der Waals surface area (Å²) in [5, 5.41) is 22.9. The van der Waals surface area contributed by atoms with Gasteiger partial charge in [-0.1, -0.05) is 29.8 Å². The normalized spacial score (nSPS) is 10.6. The Bertz CT molecular complexity index is 854. The van der Waals surface area contributed by atoms with Crippen LogP contribution in [0.3, 0.4) is 0 Å². The SMILES string of the molecule is N#C/C(=C\c1ccccc1OCC(=O)[O-])C(=O)Nc1ccc(Cl)cc1. The summed E-state index contributed by atoms with van der Waals surface area (Å²) in [6.07, 6.45) is 1.32. The number of carbonyl (C=O) groups excluding carboxylic acids is 2. The van der Waals surface area contributed by atoms with E-state index in [1.165, 1.54) is 12.1 Å². The molecule has 0 spiro atoms. The number of para-hydroxylation sites is 1. The lowest BCUT2D eigenvalue weighted by Gasteiger charge is -2.10. The molecule has 6 nitrogen and oxygen atoms in total. The number of benzene rings is 2. The van der Waals surface area contributed by atoms with Gasteiger partial charge in [-0.3, -0.25) is 4.79 Å². The smallest absolute Gasteiger partial charge is 0.266 e. The third kappa shape index (κ3) is 5.37. The van der Waals surface area contributed by atoms with Gasteiger partial charge in [0.15, 0.2) is 0 Å². The summed E-state index contributed by atoms with van der Waals surface area (Å²) in [4.78, 5) is 22.8. The van der Waals surface area contributed by atoms with Gasteiger partial charge in [-0.15, -0.1) is 0 Å². The fraction of sp³-hybridized carbons (Fsp3) is 0.0556. The molecule has 25 heavy (non-hydrogen) atoms. The number of hydrogen-bond acceptors (Lipinski definition) is 5. The van der Waals surface area contributed by atoms with Crippen LogP contribution in [-0.2, 0) is 9.59 Å². The van der Waals surface area contributed by atoms with E-state index in [1.807, 2.05) is 6.07 Å². The van der Waals surface area contributed by atoms with E-state index >= 15 is 0 Å². The van der Waals surface area contributed by atoms with Crippen molar-refractivity contribution < 1.29 is 19.4 Å². The number of carboxylic acid groups (broad SMARTS) is 1. The van der Waals surface area contributed by atoms with Crippen LogP contribution in [0.25, 0.3) is 6.08 Å². The molecule has 7 heteroatoms. The summed E-state index contributed by atoms with van der Waals surface area (Å²) in [5.41, 5.74) is 0.711. The molecular weight excluding hydrogens is 344 g/mol. The molecular formula is C18H12ClN2O4-. The minimum atomic E-state index is -1.38. The lowest BCUT2D eigenvalue weighted by molar-refractivity contribution is -0.307. The number of ether oxygens (including phenoxy) is 1. The largest absolute Gasteiger partial charge is 0.546 e. The van der Waals surface area contributed by atoms with Crippen LogP contribution < -0.4 is 15.2 Å². The van der Waals surface area contributed by atoms with Crippen molar-refractivity contribution in [1.29, 1.82) is 5.26 Å². The Morgan fingerprint density at radius 3 is 2.52 bits per heavy atom. The number of rotatable bonds is 6. The number of hydrogen-bond donors (Lipinski definition) is 1. The zero-order valence-corrected chi connectivity index (χ0v) is 13.6. The molecule has 0 radical (unpaired) electrons. The van der Waals surface area contributed by atoms with Crippen molar-refractivity contribution in [1.82, 2.24) is 0 Å². The lowest BCUT2D eigenvalue weighted by Crippen LogP contribution is -2.29. The molecule has 0 aliphatic rings. The number of halogens is 1. The average Bonchev–Trinajstić information content (AvgIpc) is 2.60. The molecule has 2 aromatic rings. The quantitative estimate of drug-likeness (QED) is 0.630. The minimum Gasteiger partial charge on any atom is -0.546 e. The average molecular weight is 356 g/mol. The second kappa shape index (κ2) is 8.52. The first kappa shape index (κ1) is 18.0. The molecule has 0 saturated carbocycles. The monoisotopic (exact) mass is 355 g/mol. The van der Waals surface area contributed by atoms with E-state index in [9.17, 15) is 20.0 Å². The highest BCUT2D eigenvalue weighted by Crippen LogP contribution is 2.21. The molecule has 0 aliphatic carbocycles. The third-order valence-corrected chi connectivity index (χ3v) is 3.28. The maximum absolute atomic E-state index is 12.2. The molecule has 0 aromatic heterocycles. The van der Waals surface area contributed by atoms with Gasteiger partial charge in [-0.25, -0.2) is 0 Å². The summed E-state index contributed by atoms with van der Waals surface area (Å²) >= 11 is 5.78. The van der Waals surface area contributed by atoms with Gasteiger partial charge in [0.2, 0.25) is 0 Å².